The predicted octanol–water partition coefficient (Wildman–Crippen LogP) is 8.63. The molecule has 0 unspecified atom stereocenters. The number of anilines is 3. The summed E-state index contributed by atoms with van der Waals surface area (Å²) >= 11 is 18.4. The van der Waals surface area contributed by atoms with Crippen LogP contribution in [0.3, 0.4) is 0 Å². The van der Waals surface area contributed by atoms with Crippen LogP contribution >= 0.6 is 46.6 Å². The van der Waals surface area contributed by atoms with Crippen LogP contribution in [0.2, 0.25) is 0 Å². The number of hydrogen-bond donors (Lipinski definition) is 3. The number of aromatic nitrogens is 3. The van der Waals surface area contributed by atoms with Crippen molar-refractivity contribution in [3.63, 3.8) is 0 Å². The Kier molecular flexibility index (Phi) is 10.4. The molecule has 0 bridgehead atoms. The van der Waals surface area contributed by atoms with Gasteiger partial charge in [0.05, 0.1) is 11.1 Å². The van der Waals surface area contributed by atoms with Gasteiger partial charge in [-0.05, 0) is 73.4 Å². The highest BCUT2D eigenvalue weighted by atomic mass is 35.6. The lowest BCUT2D eigenvalue weighted by atomic mass is 10.1. The minimum absolute atomic E-state index is 0.107. The first-order valence-corrected chi connectivity index (χ1v) is 16.1. The van der Waals surface area contributed by atoms with Gasteiger partial charge in [0.2, 0.25) is 3.79 Å². The van der Waals surface area contributed by atoms with Crippen LogP contribution in [-0.2, 0) is 4.74 Å². The van der Waals surface area contributed by atoms with Gasteiger partial charge in [-0.3, -0.25) is 10.1 Å². The van der Waals surface area contributed by atoms with Gasteiger partial charge >= 0.3 is 6.09 Å². The number of carbonyl (C=O) groups excluding carboxylic acids is 2. The number of alkyl halides is 3. The summed E-state index contributed by atoms with van der Waals surface area (Å²) in [5, 5.41) is 9.98. The Morgan fingerprint density at radius 1 is 1.02 bits per heavy atom. The van der Waals surface area contributed by atoms with Gasteiger partial charge in [0, 0.05) is 32.8 Å². The van der Waals surface area contributed by atoms with Crippen molar-refractivity contribution in [2.75, 3.05) is 17.2 Å². The number of carbonyl (C=O) groups is 2. The number of halogens is 3. The molecule has 2 aromatic carbocycles. The molecule has 2 amide bonds. The van der Waals surface area contributed by atoms with Gasteiger partial charge in [0.1, 0.15) is 18.8 Å². The fourth-order valence-corrected chi connectivity index (χ4v) is 5.78. The maximum Gasteiger partial charge on any atom is 0.411 e. The molecule has 5 rings (SSSR count). The Labute approximate surface area is 274 Å². The Morgan fingerprint density at radius 3 is 2.48 bits per heavy atom. The zero-order valence-corrected chi connectivity index (χ0v) is 27.2. The first-order valence-electron chi connectivity index (χ1n) is 14.2. The molecule has 2 aromatic heterocycles. The van der Waals surface area contributed by atoms with Crippen LogP contribution in [0.5, 0.6) is 0 Å². The van der Waals surface area contributed by atoms with Crippen molar-refractivity contribution in [2.24, 2.45) is 0 Å². The summed E-state index contributed by atoms with van der Waals surface area (Å²) in [4.78, 5) is 40.5. The number of ether oxygens (including phenoxy) is 1. The molecule has 1 aliphatic carbocycles. The lowest BCUT2D eigenvalue weighted by Gasteiger charge is -2.16. The van der Waals surface area contributed by atoms with Gasteiger partial charge in [-0.2, -0.15) is 0 Å². The Balaban J connectivity index is 1.39. The van der Waals surface area contributed by atoms with Gasteiger partial charge in [-0.25, -0.2) is 19.7 Å². The number of hydrogen-bond acceptors (Lipinski definition) is 8. The molecule has 3 N–H and O–H groups in total. The third-order valence-electron chi connectivity index (χ3n) is 6.99. The molecule has 0 spiro atoms. The van der Waals surface area contributed by atoms with Gasteiger partial charge in [-0.15, -0.1) is 0 Å². The van der Waals surface area contributed by atoms with Crippen LogP contribution in [0.4, 0.5) is 22.0 Å². The number of fused-ring (bicyclic) bond motifs is 1. The number of nitrogens with zero attached hydrogens (tertiary/aromatic N) is 3. The molecule has 0 radical (unpaired) electrons. The van der Waals surface area contributed by atoms with E-state index in [-0.39, 0.29) is 24.5 Å². The molecule has 4 aromatic rings. The van der Waals surface area contributed by atoms with Crippen molar-refractivity contribution in [2.45, 2.75) is 65.1 Å². The molecule has 230 valence electrons. The summed E-state index contributed by atoms with van der Waals surface area (Å²) in [6, 6.07) is 16.9. The molecule has 9 nitrogen and oxygen atoms in total. The molecule has 0 atom stereocenters. The van der Waals surface area contributed by atoms with E-state index in [1.807, 2.05) is 42.5 Å². The average molecular weight is 674 g/mol. The zero-order chi connectivity index (χ0) is 31.3. The third-order valence-corrected chi connectivity index (χ3v) is 8.40. The zero-order valence-electron chi connectivity index (χ0n) is 24.1. The van der Waals surface area contributed by atoms with Crippen LogP contribution < -0.4 is 16.0 Å². The highest BCUT2D eigenvalue weighted by Crippen LogP contribution is 2.37. The average Bonchev–Trinajstić information content (AvgIpc) is 3.50. The Bertz CT molecular complexity index is 1640. The first kappa shape index (κ1) is 32.1. The monoisotopic (exact) mass is 672 g/mol. The molecule has 2 heterocycles. The van der Waals surface area contributed by atoms with Crippen molar-refractivity contribution in [1.29, 1.82) is 0 Å². The number of amides is 2. The third kappa shape index (κ3) is 8.65. The lowest BCUT2D eigenvalue weighted by molar-refractivity contribution is 0.0937. The molecular formula is C31H31Cl3N6O3S. The summed E-state index contributed by atoms with van der Waals surface area (Å²) in [5.74, 6) is 0.739. The van der Waals surface area contributed by atoms with Gasteiger partial charge < -0.3 is 15.4 Å². The summed E-state index contributed by atoms with van der Waals surface area (Å²) in [5.41, 5.74) is 3.31. The number of rotatable bonds is 9. The molecule has 13 heteroatoms. The minimum atomic E-state index is -1.69. The number of nitrogens with one attached hydrogen (secondary N) is 3. The quantitative estimate of drug-likeness (QED) is 0.151. The standard InChI is InChI=1S/C31H31Cl3N6O3S/c1-18(2)24-13-12-23-27(39-24)35-17-36-28(23)40-25-15-19(29(41)37-20-5-3-4-6-20)7-14-26(25)44-22-10-8-21(9-11-22)38-30(42)43-16-31(32,33)34/h7-15,17-18,20H,3-6,16H2,1-2H3,(H,37,41)(H,38,42)(H,35,36,39,40). The van der Waals surface area contributed by atoms with Crippen molar-refractivity contribution in [3.05, 3.63) is 72.2 Å². The van der Waals surface area contributed by atoms with Crippen LogP contribution in [0, 0.1) is 0 Å². The second-order valence-corrected chi connectivity index (χ2v) is 14.3. The van der Waals surface area contributed by atoms with Crippen LogP contribution in [0.15, 0.2) is 70.7 Å². The SMILES string of the molecule is CC(C)c1ccc2c(Nc3cc(C(=O)NC4CCCC4)ccc3Sc3ccc(NC(=O)OCC(Cl)(Cl)Cl)cc3)ncnc2n1. The van der Waals surface area contributed by atoms with E-state index in [1.54, 1.807) is 12.1 Å². The fraction of sp³-hybridized carbons (Fsp3) is 0.323. The topological polar surface area (TPSA) is 118 Å². The molecule has 1 fully saturated rings. The van der Waals surface area contributed by atoms with Gasteiger partial charge in [-0.1, -0.05) is 73.3 Å². The van der Waals surface area contributed by atoms with Crippen molar-refractivity contribution in [1.82, 2.24) is 20.3 Å². The Hall–Kier alpha value is -3.31. The number of pyridine rings is 1. The van der Waals surface area contributed by atoms with E-state index in [4.69, 9.17) is 44.5 Å². The van der Waals surface area contributed by atoms with E-state index in [9.17, 15) is 9.59 Å². The summed E-state index contributed by atoms with van der Waals surface area (Å²) in [7, 11) is 0. The molecule has 44 heavy (non-hydrogen) atoms. The molecule has 1 aliphatic rings. The molecule has 0 aliphatic heterocycles. The van der Waals surface area contributed by atoms with E-state index >= 15 is 0 Å². The minimum Gasteiger partial charge on any atom is -0.445 e. The van der Waals surface area contributed by atoms with Gasteiger partial charge in [0.15, 0.2) is 5.65 Å². The van der Waals surface area contributed by atoms with Gasteiger partial charge in [0.25, 0.3) is 5.91 Å². The summed E-state index contributed by atoms with van der Waals surface area (Å²) in [6.07, 6.45) is 5.00. The number of benzene rings is 2. The molecule has 1 saturated carbocycles. The van der Waals surface area contributed by atoms with E-state index in [0.29, 0.717) is 28.4 Å². The molecule has 0 saturated heterocycles. The highest BCUT2D eigenvalue weighted by molar-refractivity contribution is 7.99. The normalized spacial score (nSPS) is 13.7. The second-order valence-electron chi connectivity index (χ2n) is 10.7. The maximum atomic E-state index is 13.2. The van der Waals surface area contributed by atoms with Crippen molar-refractivity contribution in [3.8, 4) is 0 Å². The lowest BCUT2D eigenvalue weighted by Crippen LogP contribution is -2.32. The predicted molar refractivity (Wildman–Crippen MR) is 177 cm³/mol. The summed E-state index contributed by atoms with van der Waals surface area (Å²) in [6.45, 7) is 3.79. The fourth-order valence-electron chi connectivity index (χ4n) is 4.74. The van der Waals surface area contributed by atoms with E-state index < -0.39 is 9.89 Å². The molecular weight excluding hydrogens is 643 g/mol. The first-order chi connectivity index (χ1) is 21.0. The smallest absolute Gasteiger partial charge is 0.411 e. The van der Waals surface area contributed by atoms with Crippen LogP contribution in [0.1, 0.15) is 61.5 Å². The van der Waals surface area contributed by atoms with E-state index in [0.717, 1.165) is 46.6 Å². The van der Waals surface area contributed by atoms with E-state index in [2.05, 4.69) is 39.8 Å². The largest absolute Gasteiger partial charge is 0.445 e. The van der Waals surface area contributed by atoms with Crippen LogP contribution in [-0.4, -0.2) is 43.4 Å². The van der Waals surface area contributed by atoms with Crippen molar-refractivity contribution >= 4 is 86.8 Å². The maximum absolute atomic E-state index is 13.2. The second kappa shape index (κ2) is 14.2. The highest BCUT2D eigenvalue weighted by Gasteiger charge is 2.22. The summed E-state index contributed by atoms with van der Waals surface area (Å²) < 4.78 is 3.23. The Morgan fingerprint density at radius 2 is 1.77 bits per heavy atom. The van der Waals surface area contributed by atoms with E-state index in [1.165, 1.54) is 18.1 Å². The van der Waals surface area contributed by atoms with Crippen LogP contribution in [0.25, 0.3) is 11.0 Å². The van der Waals surface area contributed by atoms with Crippen molar-refractivity contribution < 1.29 is 14.3 Å².